The zero-order valence-corrected chi connectivity index (χ0v) is 14.5. The van der Waals surface area contributed by atoms with Crippen molar-refractivity contribution in [1.82, 2.24) is 4.72 Å². The van der Waals surface area contributed by atoms with Crippen molar-refractivity contribution < 1.29 is 13.2 Å². The number of rotatable bonds is 4. The Bertz CT molecular complexity index is 1010. The normalized spacial score (nSPS) is 17.4. The SMILES string of the molecule is O=S(=O)(NCC1OCCc2ccccc21)c1ccc2ccccc2c1. The maximum Gasteiger partial charge on any atom is 0.240 e. The molecule has 4 nitrogen and oxygen atoms in total. The predicted molar refractivity (Wildman–Crippen MR) is 98.0 cm³/mol. The summed E-state index contributed by atoms with van der Waals surface area (Å²) in [6.07, 6.45) is 0.615. The second kappa shape index (κ2) is 6.59. The second-order valence-corrected chi connectivity index (χ2v) is 7.94. The van der Waals surface area contributed by atoms with Crippen LogP contribution in [0.15, 0.2) is 71.6 Å². The molecule has 1 atom stereocenters. The highest BCUT2D eigenvalue weighted by atomic mass is 32.2. The lowest BCUT2D eigenvalue weighted by Crippen LogP contribution is -2.31. The van der Waals surface area contributed by atoms with Crippen LogP contribution in [0.4, 0.5) is 0 Å². The van der Waals surface area contributed by atoms with Crippen LogP contribution in [0.25, 0.3) is 10.8 Å². The summed E-state index contributed by atoms with van der Waals surface area (Å²) in [5, 5.41) is 1.93. The van der Waals surface area contributed by atoms with Gasteiger partial charge in [-0.2, -0.15) is 0 Å². The van der Waals surface area contributed by atoms with Crippen molar-refractivity contribution in [2.75, 3.05) is 13.2 Å². The molecule has 5 heteroatoms. The molecule has 0 radical (unpaired) electrons. The van der Waals surface area contributed by atoms with Gasteiger partial charge in [0.25, 0.3) is 0 Å². The van der Waals surface area contributed by atoms with Gasteiger partial charge in [0.05, 0.1) is 17.6 Å². The van der Waals surface area contributed by atoms with Gasteiger partial charge >= 0.3 is 0 Å². The lowest BCUT2D eigenvalue weighted by Gasteiger charge is -2.26. The van der Waals surface area contributed by atoms with Crippen molar-refractivity contribution in [3.8, 4) is 0 Å². The minimum absolute atomic E-state index is 0.228. The Morgan fingerprint density at radius 2 is 1.72 bits per heavy atom. The van der Waals surface area contributed by atoms with Gasteiger partial charge in [-0.15, -0.1) is 0 Å². The van der Waals surface area contributed by atoms with Crippen LogP contribution in [0.5, 0.6) is 0 Å². The second-order valence-electron chi connectivity index (χ2n) is 6.17. The smallest absolute Gasteiger partial charge is 0.240 e. The molecule has 1 aliphatic rings. The van der Waals surface area contributed by atoms with Gasteiger partial charge in [0.1, 0.15) is 0 Å². The summed E-state index contributed by atoms with van der Waals surface area (Å²) in [4.78, 5) is 0.273. The largest absolute Gasteiger partial charge is 0.372 e. The highest BCUT2D eigenvalue weighted by Crippen LogP contribution is 2.27. The van der Waals surface area contributed by atoms with Gasteiger partial charge in [0.15, 0.2) is 0 Å². The van der Waals surface area contributed by atoms with Crippen LogP contribution in [-0.2, 0) is 21.2 Å². The van der Waals surface area contributed by atoms with Crippen LogP contribution in [0.3, 0.4) is 0 Å². The van der Waals surface area contributed by atoms with Gasteiger partial charge in [-0.05, 0) is 40.5 Å². The van der Waals surface area contributed by atoms with Crippen LogP contribution in [0.1, 0.15) is 17.2 Å². The minimum Gasteiger partial charge on any atom is -0.372 e. The van der Waals surface area contributed by atoms with E-state index in [9.17, 15) is 8.42 Å². The molecule has 1 aliphatic heterocycles. The summed E-state index contributed by atoms with van der Waals surface area (Å²) in [5.41, 5.74) is 2.29. The van der Waals surface area contributed by atoms with E-state index < -0.39 is 10.0 Å². The highest BCUT2D eigenvalue weighted by Gasteiger charge is 2.23. The first-order valence-electron chi connectivity index (χ1n) is 8.31. The third-order valence-electron chi connectivity index (χ3n) is 4.58. The number of nitrogens with one attached hydrogen (secondary N) is 1. The number of hydrogen-bond acceptors (Lipinski definition) is 3. The number of hydrogen-bond donors (Lipinski definition) is 1. The number of benzene rings is 3. The fraction of sp³-hybridized carbons (Fsp3) is 0.200. The van der Waals surface area contributed by atoms with Gasteiger partial charge in [0, 0.05) is 6.54 Å². The van der Waals surface area contributed by atoms with E-state index in [0.717, 1.165) is 22.8 Å². The lowest BCUT2D eigenvalue weighted by atomic mass is 9.98. The van der Waals surface area contributed by atoms with E-state index in [2.05, 4.69) is 10.8 Å². The van der Waals surface area contributed by atoms with Gasteiger partial charge < -0.3 is 4.74 Å². The van der Waals surface area contributed by atoms with Crippen LogP contribution >= 0.6 is 0 Å². The van der Waals surface area contributed by atoms with Crippen LogP contribution in [0, 0.1) is 0 Å². The molecule has 1 N–H and O–H groups in total. The summed E-state index contributed by atoms with van der Waals surface area (Å²) in [7, 11) is -3.58. The Labute approximate surface area is 147 Å². The molecule has 3 aromatic rings. The maximum absolute atomic E-state index is 12.7. The molecule has 128 valence electrons. The number of ether oxygens (including phenoxy) is 1. The number of fused-ring (bicyclic) bond motifs is 2. The first kappa shape index (κ1) is 16.3. The first-order valence-corrected chi connectivity index (χ1v) is 9.80. The standard InChI is InChI=1S/C20H19NO3S/c22-25(23,18-10-9-15-5-1-2-7-17(15)13-18)21-14-20-19-8-4-3-6-16(19)11-12-24-20/h1-10,13,20-21H,11-12,14H2. The monoisotopic (exact) mass is 353 g/mol. The molecular formula is C20H19NO3S. The molecule has 0 bridgehead atoms. The molecule has 3 aromatic carbocycles. The van der Waals surface area contributed by atoms with Crippen molar-refractivity contribution in [2.45, 2.75) is 17.4 Å². The van der Waals surface area contributed by atoms with Crippen LogP contribution in [-0.4, -0.2) is 21.6 Å². The average Bonchev–Trinajstić information content (AvgIpc) is 2.66. The van der Waals surface area contributed by atoms with Crippen molar-refractivity contribution in [3.05, 3.63) is 77.9 Å². The summed E-state index contributed by atoms with van der Waals surface area (Å²) >= 11 is 0. The van der Waals surface area contributed by atoms with Gasteiger partial charge in [-0.25, -0.2) is 13.1 Å². The van der Waals surface area contributed by atoms with E-state index in [1.807, 2.05) is 48.5 Å². The van der Waals surface area contributed by atoms with E-state index in [1.54, 1.807) is 12.1 Å². The maximum atomic E-state index is 12.7. The quantitative estimate of drug-likeness (QED) is 0.782. The highest BCUT2D eigenvalue weighted by molar-refractivity contribution is 7.89. The van der Waals surface area contributed by atoms with E-state index >= 15 is 0 Å². The fourth-order valence-corrected chi connectivity index (χ4v) is 4.32. The van der Waals surface area contributed by atoms with Gasteiger partial charge in [-0.1, -0.05) is 54.6 Å². The Morgan fingerprint density at radius 3 is 2.60 bits per heavy atom. The Morgan fingerprint density at radius 1 is 0.960 bits per heavy atom. The third-order valence-corrected chi connectivity index (χ3v) is 6.00. The molecule has 1 heterocycles. The summed E-state index contributed by atoms with van der Waals surface area (Å²) in [5.74, 6) is 0. The molecule has 4 rings (SSSR count). The Hall–Kier alpha value is -2.21. The first-order chi connectivity index (χ1) is 12.1. The predicted octanol–water partition coefficient (Wildman–Crippen LogP) is 3.43. The summed E-state index contributed by atoms with van der Waals surface area (Å²) in [6, 6.07) is 20.9. The van der Waals surface area contributed by atoms with E-state index in [0.29, 0.717) is 6.61 Å². The fourth-order valence-electron chi connectivity index (χ4n) is 3.25. The molecule has 0 fully saturated rings. The Kier molecular flexibility index (Phi) is 4.29. The summed E-state index contributed by atoms with van der Waals surface area (Å²) in [6.45, 7) is 0.839. The van der Waals surface area contributed by atoms with E-state index in [4.69, 9.17) is 4.74 Å². The van der Waals surface area contributed by atoms with Gasteiger partial charge in [-0.3, -0.25) is 0 Å². The molecule has 0 aromatic heterocycles. The third kappa shape index (κ3) is 3.31. The number of sulfonamides is 1. The molecule has 1 unspecified atom stereocenters. The Balaban J connectivity index is 1.55. The van der Waals surface area contributed by atoms with E-state index in [-0.39, 0.29) is 17.5 Å². The van der Waals surface area contributed by atoms with Crippen molar-refractivity contribution in [2.24, 2.45) is 0 Å². The minimum atomic E-state index is -3.58. The average molecular weight is 353 g/mol. The summed E-state index contributed by atoms with van der Waals surface area (Å²) < 4.78 is 33.8. The topological polar surface area (TPSA) is 55.4 Å². The molecule has 0 saturated heterocycles. The lowest BCUT2D eigenvalue weighted by molar-refractivity contribution is 0.0460. The zero-order chi connectivity index (χ0) is 17.3. The van der Waals surface area contributed by atoms with Crippen molar-refractivity contribution in [1.29, 1.82) is 0 Å². The molecule has 0 aliphatic carbocycles. The van der Waals surface area contributed by atoms with Crippen LogP contribution in [0.2, 0.25) is 0 Å². The van der Waals surface area contributed by atoms with Crippen LogP contribution < -0.4 is 4.72 Å². The van der Waals surface area contributed by atoms with Gasteiger partial charge in [0.2, 0.25) is 10.0 Å². The zero-order valence-electron chi connectivity index (χ0n) is 13.7. The van der Waals surface area contributed by atoms with Crippen molar-refractivity contribution in [3.63, 3.8) is 0 Å². The molecule has 0 spiro atoms. The molecule has 0 saturated carbocycles. The van der Waals surface area contributed by atoms with Crippen molar-refractivity contribution >= 4 is 20.8 Å². The van der Waals surface area contributed by atoms with E-state index in [1.165, 1.54) is 5.56 Å². The molecular weight excluding hydrogens is 334 g/mol. The molecule has 0 amide bonds. The molecule has 25 heavy (non-hydrogen) atoms.